The van der Waals surface area contributed by atoms with Gasteiger partial charge in [-0.15, -0.1) is 11.3 Å². The molecular weight excluding hydrogens is 280 g/mol. The van der Waals surface area contributed by atoms with Crippen LogP contribution < -0.4 is 10.6 Å². The molecule has 118 valence electrons. The van der Waals surface area contributed by atoms with Crippen LogP contribution in [0.25, 0.3) is 0 Å². The summed E-state index contributed by atoms with van der Waals surface area (Å²) in [6.07, 6.45) is 2.62. The van der Waals surface area contributed by atoms with Crippen LogP contribution >= 0.6 is 11.3 Å². The molecule has 0 radical (unpaired) electrons. The number of thiophene rings is 1. The van der Waals surface area contributed by atoms with E-state index >= 15 is 0 Å². The number of likely N-dealkylation sites (tertiary alicyclic amines) is 1. The highest BCUT2D eigenvalue weighted by Crippen LogP contribution is 2.19. The maximum Gasteiger partial charge on any atom is 0.191 e. The molecule has 2 heterocycles. The van der Waals surface area contributed by atoms with Gasteiger partial charge >= 0.3 is 0 Å². The van der Waals surface area contributed by atoms with Crippen LogP contribution in [0.15, 0.2) is 22.5 Å². The molecular formula is C16H28N4S. The molecule has 1 saturated heterocycles. The van der Waals surface area contributed by atoms with Crippen LogP contribution in [0.4, 0.5) is 0 Å². The Morgan fingerprint density at radius 2 is 2.38 bits per heavy atom. The van der Waals surface area contributed by atoms with E-state index in [-0.39, 0.29) is 0 Å². The van der Waals surface area contributed by atoms with E-state index in [1.807, 2.05) is 18.4 Å². The summed E-state index contributed by atoms with van der Waals surface area (Å²) in [5, 5.41) is 9.06. The van der Waals surface area contributed by atoms with Gasteiger partial charge in [0.05, 0.1) is 0 Å². The van der Waals surface area contributed by atoms with Crippen LogP contribution in [0.5, 0.6) is 0 Å². The third-order valence-corrected chi connectivity index (χ3v) is 5.34. The molecule has 21 heavy (non-hydrogen) atoms. The Hall–Kier alpha value is -1.07. The summed E-state index contributed by atoms with van der Waals surface area (Å²) < 4.78 is 0. The van der Waals surface area contributed by atoms with Gasteiger partial charge in [-0.25, -0.2) is 0 Å². The smallest absolute Gasteiger partial charge is 0.191 e. The Kier molecular flexibility index (Phi) is 6.51. The highest BCUT2D eigenvalue weighted by Gasteiger charge is 2.22. The zero-order chi connectivity index (χ0) is 15.1. The second kappa shape index (κ2) is 8.39. The summed E-state index contributed by atoms with van der Waals surface area (Å²) in [6, 6.07) is 4.97. The fraction of sp³-hybridized carbons (Fsp3) is 0.688. The lowest BCUT2D eigenvalue weighted by atomic mass is 10.1. The van der Waals surface area contributed by atoms with Gasteiger partial charge in [0.25, 0.3) is 0 Å². The van der Waals surface area contributed by atoms with Crippen molar-refractivity contribution in [2.45, 2.75) is 38.6 Å². The van der Waals surface area contributed by atoms with Crippen LogP contribution in [0, 0.1) is 0 Å². The third-order valence-electron chi connectivity index (χ3n) is 4.24. The van der Waals surface area contributed by atoms with Crippen molar-refractivity contribution in [3.63, 3.8) is 0 Å². The molecule has 2 rings (SSSR count). The molecule has 0 aromatic carbocycles. The number of hydrogen-bond donors (Lipinski definition) is 2. The molecule has 2 atom stereocenters. The van der Waals surface area contributed by atoms with Crippen molar-refractivity contribution in [3.8, 4) is 0 Å². The molecule has 4 nitrogen and oxygen atoms in total. The predicted molar refractivity (Wildman–Crippen MR) is 92.4 cm³/mol. The summed E-state index contributed by atoms with van der Waals surface area (Å²) in [6.45, 7) is 8.79. The first kappa shape index (κ1) is 16.3. The molecule has 2 N–H and O–H groups in total. The Bertz CT molecular complexity index is 429. The zero-order valence-corrected chi connectivity index (χ0v) is 14.2. The lowest BCUT2D eigenvalue weighted by Gasteiger charge is -2.24. The number of rotatable bonds is 6. The molecule has 5 heteroatoms. The first-order valence-corrected chi connectivity index (χ1v) is 8.84. The van der Waals surface area contributed by atoms with Crippen molar-refractivity contribution in [1.82, 2.24) is 15.5 Å². The molecule has 0 bridgehead atoms. The average molecular weight is 308 g/mol. The Morgan fingerprint density at radius 1 is 1.52 bits per heavy atom. The molecule has 0 amide bonds. The van der Waals surface area contributed by atoms with E-state index < -0.39 is 0 Å². The fourth-order valence-electron chi connectivity index (χ4n) is 2.90. The molecule has 0 aliphatic carbocycles. The Labute approximate surface area is 132 Å². The Morgan fingerprint density at radius 3 is 3.05 bits per heavy atom. The number of likely N-dealkylation sites (N-methyl/N-ethyl adjacent to an activating group) is 1. The van der Waals surface area contributed by atoms with Gasteiger partial charge in [0.15, 0.2) is 5.96 Å². The van der Waals surface area contributed by atoms with Gasteiger partial charge in [-0.05, 0) is 37.4 Å². The normalized spacial score (nSPS) is 21.5. The van der Waals surface area contributed by atoms with Crippen molar-refractivity contribution in [2.24, 2.45) is 4.99 Å². The Balaban J connectivity index is 1.73. The van der Waals surface area contributed by atoms with E-state index in [0.717, 1.165) is 25.6 Å². The van der Waals surface area contributed by atoms with Gasteiger partial charge in [-0.2, -0.15) is 0 Å². The van der Waals surface area contributed by atoms with Gasteiger partial charge < -0.3 is 10.6 Å². The first-order valence-electron chi connectivity index (χ1n) is 7.96. The van der Waals surface area contributed by atoms with Crippen LogP contribution in [0.2, 0.25) is 0 Å². The standard InChI is InChI=1S/C16H28N4S/c1-4-20-9-5-7-14(20)12-19-16(17-3)18-11-13(2)15-8-6-10-21-15/h6,8,10,13-14H,4-5,7,9,11-12H2,1-3H3,(H2,17,18,19). The van der Waals surface area contributed by atoms with E-state index in [4.69, 9.17) is 0 Å². The minimum Gasteiger partial charge on any atom is -0.356 e. The number of nitrogens with zero attached hydrogens (tertiary/aromatic N) is 2. The van der Waals surface area contributed by atoms with Crippen LogP contribution in [-0.2, 0) is 0 Å². The second-order valence-electron chi connectivity index (χ2n) is 5.68. The van der Waals surface area contributed by atoms with Crippen LogP contribution in [-0.4, -0.2) is 50.1 Å². The maximum absolute atomic E-state index is 4.33. The quantitative estimate of drug-likeness (QED) is 0.626. The van der Waals surface area contributed by atoms with E-state index in [2.05, 4.69) is 51.9 Å². The summed E-state index contributed by atoms with van der Waals surface area (Å²) >= 11 is 1.82. The second-order valence-corrected chi connectivity index (χ2v) is 6.65. The highest BCUT2D eigenvalue weighted by molar-refractivity contribution is 7.10. The van der Waals surface area contributed by atoms with E-state index in [1.165, 1.54) is 24.3 Å². The van der Waals surface area contributed by atoms with E-state index in [1.54, 1.807) is 0 Å². The van der Waals surface area contributed by atoms with Crippen LogP contribution in [0.3, 0.4) is 0 Å². The zero-order valence-electron chi connectivity index (χ0n) is 13.4. The molecule has 0 saturated carbocycles. The van der Waals surface area contributed by atoms with E-state index in [9.17, 15) is 0 Å². The summed E-state index contributed by atoms with van der Waals surface area (Å²) in [5.74, 6) is 1.43. The van der Waals surface area contributed by atoms with Gasteiger partial charge in [0.2, 0.25) is 0 Å². The van der Waals surface area contributed by atoms with Crippen molar-refractivity contribution in [1.29, 1.82) is 0 Å². The maximum atomic E-state index is 4.33. The molecule has 1 fully saturated rings. The third kappa shape index (κ3) is 4.71. The number of nitrogens with one attached hydrogen (secondary N) is 2. The molecule has 2 unspecified atom stereocenters. The minimum absolute atomic E-state index is 0.516. The minimum atomic E-state index is 0.516. The number of aliphatic imine (C=N–C) groups is 1. The fourth-order valence-corrected chi connectivity index (χ4v) is 3.69. The summed E-state index contributed by atoms with van der Waals surface area (Å²) in [5.41, 5.74) is 0. The predicted octanol–water partition coefficient (Wildman–Crippen LogP) is 2.50. The van der Waals surface area contributed by atoms with Crippen molar-refractivity contribution < 1.29 is 0 Å². The number of hydrogen-bond acceptors (Lipinski definition) is 3. The highest BCUT2D eigenvalue weighted by atomic mass is 32.1. The molecule has 1 aliphatic heterocycles. The monoisotopic (exact) mass is 308 g/mol. The largest absolute Gasteiger partial charge is 0.356 e. The lowest BCUT2D eigenvalue weighted by molar-refractivity contribution is 0.267. The van der Waals surface area contributed by atoms with Gasteiger partial charge in [-0.3, -0.25) is 9.89 Å². The summed E-state index contributed by atoms with van der Waals surface area (Å²) in [7, 11) is 1.84. The van der Waals surface area contributed by atoms with Crippen molar-refractivity contribution >= 4 is 17.3 Å². The van der Waals surface area contributed by atoms with E-state index in [0.29, 0.717) is 12.0 Å². The number of guanidine groups is 1. The average Bonchev–Trinajstić information content (AvgIpc) is 3.18. The summed E-state index contributed by atoms with van der Waals surface area (Å²) in [4.78, 5) is 8.30. The van der Waals surface area contributed by atoms with Gasteiger partial charge in [0.1, 0.15) is 0 Å². The van der Waals surface area contributed by atoms with Gasteiger partial charge in [0, 0.05) is 37.0 Å². The van der Waals surface area contributed by atoms with Crippen LogP contribution in [0.1, 0.15) is 37.5 Å². The molecule has 0 spiro atoms. The molecule has 1 aromatic rings. The molecule has 1 aliphatic rings. The first-order chi connectivity index (χ1) is 10.2. The lowest BCUT2D eigenvalue weighted by Crippen LogP contribution is -2.45. The SMILES string of the molecule is CCN1CCCC1CNC(=NC)NCC(C)c1cccs1. The van der Waals surface area contributed by atoms with Crippen molar-refractivity contribution in [2.75, 3.05) is 33.2 Å². The topological polar surface area (TPSA) is 39.7 Å². The van der Waals surface area contributed by atoms with Crippen molar-refractivity contribution in [3.05, 3.63) is 22.4 Å². The molecule has 1 aromatic heterocycles. The van der Waals surface area contributed by atoms with Gasteiger partial charge in [-0.1, -0.05) is 19.9 Å².